The van der Waals surface area contributed by atoms with Gasteiger partial charge in [-0.3, -0.25) is 24.0 Å². The molecule has 5 aromatic rings. The highest BCUT2D eigenvalue weighted by molar-refractivity contribution is 5.93. The van der Waals surface area contributed by atoms with E-state index in [2.05, 4.69) is 296 Å². The number of ketones is 1. The third kappa shape index (κ3) is 96.4. The lowest BCUT2D eigenvalue weighted by Gasteiger charge is -2.26. The van der Waals surface area contributed by atoms with Crippen LogP contribution in [0.4, 0.5) is 5.69 Å². The first kappa shape index (κ1) is 142. The van der Waals surface area contributed by atoms with E-state index in [0.29, 0.717) is 83.4 Å². The van der Waals surface area contributed by atoms with Crippen LogP contribution in [0, 0.1) is 82.2 Å². The first-order chi connectivity index (χ1) is 65.5. The van der Waals surface area contributed by atoms with E-state index in [1.807, 2.05) is 89.2 Å². The van der Waals surface area contributed by atoms with Crippen molar-refractivity contribution in [3.05, 3.63) is 167 Å². The number of Topliss-reactive ketones (excluding diaryl/α,β-unsaturated/α-hetero) is 1. The molecule has 16 nitrogen and oxygen atoms in total. The number of carbonyl (C=O) groups excluding carboxylic acids is 6. The molecule has 0 heterocycles. The van der Waals surface area contributed by atoms with E-state index in [1.54, 1.807) is 34.8 Å². The summed E-state index contributed by atoms with van der Waals surface area (Å²) in [4.78, 5) is 67.9. The van der Waals surface area contributed by atoms with Crippen LogP contribution in [-0.2, 0) is 89.5 Å². The van der Waals surface area contributed by atoms with Gasteiger partial charge in [-0.05, 0) is 242 Å². The van der Waals surface area contributed by atoms with Crippen molar-refractivity contribution in [1.82, 2.24) is 0 Å². The normalized spacial score (nSPS) is 11.6. The number of rotatable bonds is 41. The Labute approximate surface area is 872 Å². The molecule has 1 amide bonds. The van der Waals surface area contributed by atoms with Gasteiger partial charge in [-0.25, -0.2) is 4.79 Å². The molecule has 16 heteroatoms. The molecule has 0 fully saturated rings. The molecule has 1 N–H and O–H groups in total. The second kappa shape index (κ2) is 77.1. The van der Waals surface area contributed by atoms with Crippen molar-refractivity contribution in [3.8, 4) is 29.0 Å². The van der Waals surface area contributed by atoms with Crippen LogP contribution < -0.4 is 10.1 Å². The van der Waals surface area contributed by atoms with Crippen LogP contribution in [0.25, 0.3) is 11.1 Å². The van der Waals surface area contributed by atoms with Crippen molar-refractivity contribution in [2.24, 2.45) is 59.6 Å². The van der Waals surface area contributed by atoms with Crippen LogP contribution in [0.15, 0.2) is 133 Å². The molecule has 0 unspecified atom stereocenters. The monoisotopic (exact) mass is 1980 g/mol. The summed E-state index contributed by atoms with van der Waals surface area (Å²) in [5.74, 6) is 0.498. The van der Waals surface area contributed by atoms with Gasteiger partial charge in [0.15, 0.2) is 0 Å². The van der Waals surface area contributed by atoms with Gasteiger partial charge in [0, 0.05) is 69.1 Å². The van der Waals surface area contributed by atoms with Gasteiger partial charge in [0.2, 0.25) is 5.91 Å². The van der Waals surface area contributed by atoms with Crippen molar-refractivity contribution < 1.29 is 61.9 Å². The number of aryl methyl sites for hydroxylation is 3. The molecular formula is C126H213N3O13. The maximum absolute atomic E-state index is 12.1. The second-order valence-electron chi connectivity index (χ2n) is 49.9. The zero-order chi connectivity index (χ0) is 110. The first-order valence-corrected chi connectivity index (χ1v) is 53.5. The number of amides is 1. The molecule has 0 spiro atoms. The van der Waals surface area contributed by atoms with Gasteiger partial charge in [0.25, 0.3) is 0 Å². The summed E-state index contributed by atoms with van der Waals surface area (Å²) in [6.45, 7) is 85.9. The Morgan fingerprint density at radius 3 is 1.29 bits per heavy atom. The van der Waals surface area contributed by atoms with Gasteiger partial charge < -0.3 is 38.5 Å². The topological polar surface area (TPSA) is 227 Å². The third-order valence-corrected chi connectivity index (χ3v) is 21.5. The highest BCUT2D eigenvalue weighted by Crippen LogP contribution is 2.34. The standard InChI is InChI=1S/C18H19N.C16H25NO.2C14H22O.C13H24O3.C12H24O2.C11H21N.C10H20O2.C10H18O2.C8H18O/c1-18(2,3)12-14-8-10-15(11-9-14)17-7-5-4-6-16(17)13-19;1-6-12-9-8-10-13(7-2)15(12)17-14(18)11-16(3,4)5;1-14(2,3)10-6-8-12-7-5-9-13(11-12)15-4;1-14(2,3)10-7-11-15-12-13-8-5-4-6-9-13;1-7-16-11(15)9-13(5,6)10(14)8-12(2,3)4;1-5-14-11(13)9-7-6-8-10-12(2,3)4;1-11(2,3)9-7-5-4-6-8-10-12;1-10(2,3)8-6-5-7-9(11)12-4;1-5-12-9(11)7-6-8-10(2,3)4;1-5-9-7-6-8(2,3)4/h4-11H,12H2,1-3H3;8-10H,6-7,11H2,1-5H3,(H,17,18);5,7,9,11H,6,8,10H2,1-4H3;4-6,8-9H,7,10-12H2,1-3H3;7-9H2,1-6H3;5-10H2,1-4H3;4-9H2,1-3H3;5-8H2,1-4H3;6-7H,5,8H2,1-4H3;5-7H2,1-4H3/b;;;;;;;;7-6+;. The molecule has 142 heavy (non-hydrogen) atoms. The minimum atomic E-state index is -0.625. The molecule has 0 radical (unpaired) electrons. The predicted octanol–water partition coefficient (Wildman–Crippen LogP) is 35.3. The van der Waals surface area contributed by atoms with E-state index in [4.69, 9.17) is 38.9 Å². The Balaban J connectivity index is -0.000000493. The second-order valence-corrected chi connectivity index (χ2v) is 49.9. The molecule has 0 aromatic heterocycles. The lowest BCUT2D eigenvalue weighted by molar-refractivity contribution is -0.149. The highest BCUT2D eigenvalue weighted by atomic mass is 16.5. The largest absolute Gasteiger partial charge is 0.497 e. The molecule has 5 aromatic carbocycles. The van der Waals surface area contributed by atoms with Crippen molar-refractivity contribution in [2.75, 3.05) is 59.2 Å². The zero-order valence-electron chi connectivity index (χ0n) is 98.7. The first-order valence-electron chi connectivity index (χ1n) is 53.5. The van der Waals surface area contributed by atoms with E-state index >= 15 is 0 Å². The maximum atomic E-state index is 12.1. The molecule has 5 rings (SSSR count). The number of benzene rings is 5. The van der Waals surface area contributed by atoms with Gasteiger partial charge in [-0.1, -0.05) is 383 Å². The summed E-state index contributed by atoms with van der Waals surface area (Å²) in [5, 5.41) is 20.5. The predicted molar refractivity (Wildman–Crippen MR) is 604 cm³/mol. The number of nitriles is 2. The molecule has 0 bridgehead atoms. The van der Waals surface area contributed by atoms with Gasteiger partial charge in [-0.15, -0.1) is 0 Å². The number of nitrogens with zero attached hydrogens (tertiary/aromatic N) is 2. The molecule has 0 saturated carbocycles. The van der Waals surface area contributed by atoms with Crippen LogP contribution in [0.5, 0.6) is 5.75 Å². The number of esters is 4. The van der Waals surface area contributed by atoms with Crippen molar-refractivity contribution in [3.63, 3.8) is 0 Å². The number of para-hydroxylation sites is 1. The SMILES string of the molecule is CC(C)(C)CCCCCCC#N.CC(C)(C)CCCOCc1ccccc1.CC(C)(C)Cc1ccc(-c2ccccc2C#N)cc1.CCOC(=O)/C=C/CC(C)(C)C.CCOC(=O)CC(C)(C)C(=O)CC(C)(C)C.CCOC(=O)CCCCCC(C)(C)C.CCOCCC(C)(C)C.CCc1cccc(CC)c1NC(=O)CC(C)(C)C.COC(=O)CCCCC(C)(C)C.COc1cccc(CCCC(C)(C)C)c1. The lowest BCUT2D eigenvalue weighted by Crippen LogP contribution is -2.31. The van der Waals surface area contributed by atoms with Gasteiger partial charge in [0.1, 0.15) is 11.5 Å². The van der Waals surface area contributed by atoms with E-state index in [9.17, 15) is 28.8 Å². The molecular weight excluding hydrogens is 1760 g/mol. The number of methoxy groups -OCH3 is 2. The number of allylic oxidation sites excluding steroid dienone is 1. The number of anilines is 1. The Bertz CT molecular complexity index is 4180. The number of unbranched alkanes of at least 4 members (excludes halogenated alkanes) is 7. The molecule has 0 aliphatic heterocycles. The summed E-state index contributed by atoms with van der Waals surface area (Å²) in [6.07, 6.45) is 31.5. The summed E-state index contributed by atoms with van der Waals surface area (Å²) < 4.78 is 35.0. The number of ether oxygens (including phenoxy) is 7. The fourth-order valence-corrected chi connectivity index (χ4v) is 13.6. The van der Waals surface area contributed by atoms with Gasteiger partial charge in [-0.2, -0.15) is 10.5 Å². The third-order valence-electron chi connectivity index (χ3n) is 21.5. The van der Waals surface area contributed by atoms with Crippen molar-refractivity contribution >= 4 is 41.3 Å². The van der Waals surface area contributed by atoms with Crippen molar-refractivity contribution in [2.45, 2.75) is 449 Å². The van der Waals surface area contributed by atoms with E-state index in [-0.39, 0.29) is 58.2 Å². The Hall–Kier alpha value is -8.44. The molecule has 0 atom stereocenters. The fraction of sp³-hybridized carbons (Fsp3) is 0.683. The molecule has 0 aliphatic rings. The number of hydrogen-bond acceptors (Lipinski definition) is 15. The summed E-state index contributed by atoms with van der Waals surface area (Å²) >= 11 is 0. The van der Waals surface area contributed by atoms with Crippen LogP contribution in [0.3, 0.4) is 0 Å². The fourth-order valence-electron chi connectivity index (χ4n) is 13.6. The summed E-state index contributed by atoms with van der Waals surface area (Å²) in [7, 11) is 3.15. The van der Waals surface area contributed by atoms with Crippen LogP contribution in [-0.4, -0.2) is 89.4 Å². The molecule has 0 aliphatic carbocycles. The van der Waals surface area contributed by atoms with E-state index in [0.717, 1.165) is 138 Å². The van der Waals surface area contributed by atoms with Crippen LogP contribution in [0.1, 0.15) is 451 Å². The van der Waals surface area contributed by atoms with Gasteiger partial charge >= 0.3 is 23.9 Å². The summed E-state index contributed by atoms with van der Waals surface area (Å²) in [5.41, 5.74) is 12.8. The molecule has 810 valence electrons. The van der Waals surface area contributed by atoms with E-state index < -0.39 is 5.41 Å². The van der Waals surface area contributed by atoms with Crippen LogP contribution >= 0.6 is 0 Å². The average molecular weight is 1980 g/mol. The number of nitrogens with one attached hydrogen (secondary N) is 1. The lowest BCUT2D eigenvalue weighted by atomic mass is 9.77. The Morgan fingerprint density at radius 1 is 0.380 bits per heavy atom. The maximum Gasteiger partial charge on any atom is 0.330 e. The zero-order valence-corrected chi connectivity index (χ0v) is 98.7. The van der Waals surface area contributed by atoms with Crippen molar-refractivity contribution in [1.29, 1.82) is 10.5 Å². The minimum Gasteiger partial charge on any atom is -0.497 e. The Morgan fingerprint density at radius 2 is 0.831 bits per heavy atom. The minimum absolute atomic E-state index is 0.0254. The molecule has 0 saturated heterocycles. The summed E-state index contributed by atoms with van der Waals surface area (Å²) in [6, 6.07) is 45.6. The number of carbonyl (C=O) groups is 6. The van der Waals surface area contributed by atoms with E-state index in [1.165, 1.54) is 105 Å². The quantitative estimate of drug-likeness (QED) is 0.0166. The number of hydrogen-bond donors (Lipinski definition) is 1. The van der Waals surface area contributed by atoms with Gasteiger partial charge in [0.05, 0.1) is 64.8 Å². The average Bonchev–Trinajstić information content (AvgIpc) is 0.833. The smallest absolute Gasteiger partial charge is 0.330 e. The highest BCUT2D eigenvalue weighted by Gasteiger charge is 2.33. The van der Waals surface area contributed by atoms with Crippen LogP contribution in [0.2, 0.25) is 0 Å². The Kier molecular flexibility index (Phi) is 77.1.